The number of hydrogen-bond donors (Lipinski definition) is 2. The molecule has 0 radical (unpaired) electrons. The van der Waals surface area contributed by atoms with Crippen LogP contribution in [0.5, 0.6) is 0 Å². The molecule has 3 rings (SSSR count). The fourth-order valence-electron chi connectivity index (χ4n) is 2.18. The van der Waals surface area contributed by atoms with Crippen molar-refractivity contribution in [3.8, 4) is 21.8 Å². The third-order valence-corrected chi connectivity index (χ3v) is 4.51. The average Bonchev–Trinajstić information content (AvgIpc) is 3.11. The van der Waals surface area contributed by atoms with E-state index >= 15 is 0 Å². The van der Waals surface area contributed by atoms with Crippen LogP contribution in [-0.2, 0) is 0 Å². The van der Waals surface area contributed by atoms with Crippen LogP contribution in [-0.4, -0.2) is 16.6 Å². The van der Waals surface area contributed by atoms with E-state index in [1.165, 1.54) is 0 Å². The SMILES string of the molecule is C=CCNC(=S)Nc1ccc(-c2csc(-c3ccccc3)n2)cc1. The van der Waals surface area contributed by atoms with Gasteiger partial charge in [0.2, 0.25) is 0 Å². The van der Waals surface area contributed by atoms with Crippen LogP contribution < -0.4 is 10.6 Å². The minimum absolute atomic E-state index is 0.586. The van der Waals surface area contributed by atoms with E-state index in [4.69, 9.17) is 17.2 Å². The molecule has 0 spiro atoms. The van der Waals surface area contributed by atoms with Gasteiger partial charge in [-0.25, -0.2) is 4.98 Å². The maximum atomic E-state index is 5.20. The lowest BCUT2D eigenvalue weighted by atomic mass is 10.1. The van der Waals surface area contributed by atoms with Gasteiger partial charge in [0.1, 0.15) is 5.01 Å². The van der Waals surface area contributed by atoms with Crippen molar-refractivity contribution in [2.24, 2.45) is 0 Å². The largest absolute Gasteiger partial charge is 0.359 e. The number of nitrogens with zero attached hydrogens (tertiary/aromatic N) is 1. The summed E-state index contributed by atoms with van der Waals surface area (Å²) >= 11 is 6.86. The number of thiazole rings is 1. The topological polar surface area (TPSA) is 37.0 Å². The number of thiocarbonyl (C=S) groups is 1. The van der Waals surface area contributed by atoms with E-state index in [0.717, 1.165) is 27.5 Å². The second-order valence-electron chi connectivity index (χ2n) is 5.10. The summed E-state index contributed by atoms with van der Waals surface area (Å²) in [6, 6.07) is 18.3. The van der Waals surface area contributed by atoms with E-state index in [2.05, 4.69) is 34.7 Å². The molecule has 24 heavy (non-hydrogen) atoms. The lowest BCUT2D eigenvalue weighted by Gasteiger charge is -2.09. The number of rotatable bonds is 5. The molecule has 120 valence electrons. The first kappa shape index (κ1) is 16.4. The van der Waals surface area contributed by atoms with Crippen molar-refractivity contribution in [3.63, 3.8) is 0 Å². The normalized spacial score (nSPS) is 10.2. The minimum atomic E-state index is 0.586. The van der Waals surface area contributed by atoms with Crippen LogP contribution in [0.3, 0.4) is 0 Å². The first-order valence-electron chi connectivity index (χ1n) is 7.53. The zero-order chi connectivity index (χ0) is 16.8. The molecule has 1 heterocycles. The Bertz CT molecular complexity index is 823. The van der Waals surface area contributed by atoms with Gasteiger partial charge in [-0.3, -0.25) is 0 Å². The monoisotopic (exact) mass is 351 g/mol. The van der Waals surface area contributed by atoms with Gasteiger partial charge >= 0.3 is 0 Å². The van der Waals surface area contributed by atoms with Gasteiger partial charge in [0.25, 0.3) is 0 Å². The number of nitrogens with one attached hydrogen (secondary N) is 2. The van der Waals surface area contributed by atoms with Crippen LogP contribution in [0, 0.1) is 0 Å². The van der Waals surface area contributed by atoms with E-state index in [1.807, 2.05) is 42.5 Å². The highest BCUT2D eigenvalue weighted by Crippen LogP contribution is 2.29. The fourth-order valence-corrected chi connectivity index (χ4v) is 3.22. The molecule has 0 aliphatic heterocycles. The fraction of sp³-hybridized carbons (Fsp3) is 0.0526. The minimum Gasteiger partial charge on any atom is -0.359 e. The highest BCUT2D eigenvalue weighted by Gasteiger charge is 2.06. The molecule has 0 bridgehead atoms. The molecule has 3 nitrogen and oxygen atoms in total. The highest BCUT2D eigenvalue weighted by atomic mass is 32.1. The molecule has 0 atom stereocenters. The van der Waals surface area contributed by atoms with E-state index < -0.39 is 0 Å². The predicted molar refractivity (Wildman–Crippen MR) is 107 cm³/mol. The Morgan fingerprint density at radius 1 is 1.08 bits per heavy atom. The second kappa shape index (κ2) is 7.86. The molecule has 2 aromatic carbocycles. The van der Waals surface area contributed by atoms with Crippen molar-refractivity contribution < 1.29 is 0 Å². The Balaban J connectivity index is 1.71. The number of aromatic nitrogens is 1. The second-order valence-corrected chi connectivity index (χ2v) is 6.37. The standard InChI is InChI=1S/C19H17N3S2/c1-2-12-20-19(23)21-16-10-8-14(9-11-16)17-13-24-18(22-17)15-6-4-3-5-7-15/h2-11,13H,1,12H2,(H2,20,21,23). The molecule has 0 saturated carbocycles. The Hall–Kier alpha value is -2.50. The van der Waals surface area contributed by atoms with Crippen molar-refractivity contribution in [2.75, 3.05) is 11.9 Å². The summed E-state index contributed by atoms with van der Waals surface area (Å²) in [6.45, 7) is 4.30. The van der Waals surface area contributed by atoms with Crippen LogP contribution in [0.2, 0.25) is 0 Å². The lowest BCUT2D eigenvalue weighted by molar-refractivity contribution is 1.06. The van der Waals surface area contributed by atoms with Gasteiger partial charge in [-0.15, -0.1) is 17.9 Å². The van der Waals surface area contributed by atoms with Gasteiger partial charge < -0.3 is 10.6 Å². The Morgan fingerprint density at radius 3 is 2.54 bits per heavy atom. The van der Waals surface area contributed by atoms with Gasteiger partial charge in [-0.2, -0.15) is 0 Å². The zero-order valence-electron chi connectivity index (χ0n) is 13.0. The molecule has 3 aromatic rings. The van der Waals surface area contributed by atoms with Crippen molar-refractivity contribution in [1.82, 2.24) is 10.3 Å². The molecule has 0 amide bonds. The molecular formula is C19H17N3S2. The first-order chi connectivity index (χ1) is 11.8. The molecular weight excluding hydrogens is 334 g/mol. The molecule has 5 heteroatoms. The van der Waals surface area contributed by atoms with Gasteiger partial charge in [0.05, 0.1) is 5.69 Å². The van der Waals surface area contributed by atoms with Crippen LogP contribution in [0.4, 0.5) is 5.69 Å². The highest BCUT2D eigenvalue weighted by molar-refractivity contribution is 7.80. The Kier molecular flexibility index (Phi) is 5.36. The summed E-state index contributed by atoms with van der Waals surface area (Å²) in [5.74, 6) is 0. The predicted octanol–water partition coefficient (Wildman–Crippen LogP) is 4.95. The summed E-state index contributed by atoms with van der Waals surface area (Å²) < 4.78 is 0. The van der Waals surface area contributed by atoms with Crippen molar-refractivity contribution in [3.05, 3.63) is 72.6 Å². The van der Waals surface area contributed by atoms with E-state index in [-0.39, 0.29) is 0 Å². The number of anilines is 1. The molecule has 0 saturated heterocycles. The van der Waals surface area contributed by atoms with Gasteiger partial charge in [-0.05, 0) is 24.4 Å². The van der Waals surface area contributed by atoms with Gasteiger partial charge in [0.15, 0.2) is 5.11 Å². The molecule has 0 aliphatic rings. The summed E-state index contributed by atoms with van der Waals surface area (Å²) in [5, 5.41) is 9.88. The molecule has 2 N–H and O–H groups in total. The van der Waals surface area contributed by atoms with Crippen LogP contribution in [0.15, 0.2) is 72.6 Å². The quantitative estimate of drug-likeness (QED) is 0.504. The van der Waals surface area contributed by atoms with Crippen molar-refractivity contribution >= 4 is 34.4 Å². The lowest BCUT2D eigenvalue weighted by Crippen LogP contribution is -2.28. The van der Waals surface area contributed by atoms with E-state index in [1.54, 1.807) is 17.4 Å². The summed E-state index contributed by atoms with van der Waals surface area (Å²) in [7, 11) is 0. The number of hydrogen-bond acceptors (Lipinski definition) is 3. The van der Waals surface area contributed by atoms with Crippen LogP contribution in [0.1, 0.15) is 0 Å². The van der Waals surface area contributed by atoms with Crippen molar-refractivity contribution in [2.45, 2.75) is 0 Å². The van der Waals surface area contributed by atoms with E-state index in [9.17, 15) is 0 Å². The maximum absolute atomic E-state index is 5.20. The average molecular weight is 352 g/mol. The molecule has 0 fully saturated rings. The summed E-state index contributed by atoms with van der Waals surface area (Å²) in [6.07, 6.45) is 1.77. The summed E-state index contributed by atoms with van der Waals surface area (Å²) in [5.41, 5.74) is 4.16. The third kappa shape index (κ3) is 4.07. The van der Waals surface area contributed by atoms with Crippen molar-refractivity contribution in [1.29, 1.82) is 0 Å². The van der Waals surface area contributed by atoms with Crippen LogP contribution >= 0.6 is 23.6 Å². The molecule has 1 aromatic heterocycles. The van der Waals surface area contributed by atoms with Crippen LogP contribution in [0.25, 0.3) is 21.8 Å². The molecule has 0 unspecified atom stereocenters. The third-order valence-electron chi connectivity index (χ3n) is 3.37. The van der Waals surface area contributed by atoms with Gasteiger partial charge in [-0.1, -0.05) is 48.5 Å². The zero-order valence-corrected chi connectivity index (χ0v) is 14.7. The molecule has 0 aliphatic carbocycles. The first-order valence-corrected chi connectivity index (χ1v) is 8.82. The number of benzene rings is 2. The Labute approximate surface area is 151 Å². The summed E-state index contributed by atoms with van der Waals surface area (Å²) in [4.78, 5) is 4.73. The smallest absolute Gasteiger partial charge is 0.171 e. The maximum Gasteiger partial charge on any atom is 0.171 e. The Morgan fingerprint density at radius 2 is 1.83 bits per heavy atom. The van der Waals surface area contributed by atoms with E-state index in [0.29, 0.717) is 11.7 Å². The van der Waals surface area contributed by atoms with Gasteiger partial charge in [0, 0.05) is 28.7 Å².